The first-order chi connectivity index (χ1) is 26.3. The van der Waals surface area contributed by atoms with Gasteiger partial charge in [0.25, 0.3) is 0 Å². The highest BCUT2D eigenvalue weighted by Crippen LogP contribution is 2.55. The Balaban J connectivity index is 1.13. The molecule has 54 heavy (non-hydrogen) atoms. The van der Waals surface area contributed by atoms with Gasteiger partial charge in [-0.1, -0.05) is 116 Å². The average Bonchev–Trinajstić information content (AvgIpc) is 3.41. The first-order valence-electron chi connectivity index (χ1n) is 17.5. The zero-order valence-electron chi connectivity index (χ0n) is 29.2. The Morgan fingerprint density at radius 1 is 0.815 bits per heavy atom. The van der Waals surface area contributed by atoms with Crippen LogP contribution in [-0.2, 0) is 61.6 Å². The Labute approximate surface area is 312 Å². The van der Waals surface area contributed by atoms with E-state index in [9.17, 15) is 19.3 Å². The maximum Gasteiger partial charge on any atom is 0.509 e. The Kier molecular flexibility index (Phi) is 11.9. The zero-order valence-corrected chi connectivity index (χ0v) is 30.1. The van der Waals surface area contributed by atoms with Gasteiger partial charge in [-0.25, -0.2) is 14.2 Å². The average molecular weight is 758 g/mol. The number of phosphoric acid groups is 1. The summed E-state index contributed by atoms with van der Waals surface area (Å²) in [5, 5.41) is 14.0. The van der Waals surface area contributed by atoms with E-state index in [-0.39, 0.29) is 45.6 Å². The van der Waals surface area contributed by atoms with Crippen molar-refractivity contribution in [1.82, 2.24) is 5.32 Å². The van der Waals surface area contributed by atoms with E-state index >= 15 is 0 Å². The lowest BCUT2D eigenvalue weighted by Crippen LogP contribution is -2.66. The molecule has 1 fully saturated rings. The predicted molar refractivity (Wildman–Crippen MR) is 194 cm³/mol. The third kappa shape index (κ3) is 8.59. The number of benzene rings is 4. The standard InChI is InChI=1S/C40H40NO12P/c1-2-20-47-40(44)52-37-35(41-39(43)48-24-33-31-18-10-8-16-29(31)30-17-9-11-19-32(30)33)38(42)51-34(25-46-21-26-12-4-3-5-13-26)36(37)53-54(45)49-22-27-14-6-7-15-28(27)23-50-54/h2-19,33-38,42H,1,20-25H2,(H,41,43)/t34?,35?,36-,37-,38?/m1/s1. The van der Waals surface area contributed by atoms with Crippen LogP contribution in [0.4, 0.5) is 9.59 Å². The first-order valence-corrected chi connectivity index (χ1v) is 18.9. The molecule has 4 aromatic rings. The molecule has 0 saturated carbocycles. The molecule has 1 amide bonds. The fourth-order valence-corrected chi connectivity index (χ4v) is 8.12. The molecule has 0 spiro atoms. The van der Waals surface area contributed by atoms with Crippen molar-refractivity contribution < 1.29 is 56.5 Å². The smallest absolute Gasteiger partial charge is 0.449 e. The van der Waals surface area contributed by atoms with Crippen LogP contribution in [0, 0.1) is 0 Å². The SMILES string of the molecule is C=CCOC(=O)O[C@@H]1C(NC(=O)OCC2c3ccccc3-c3ccccc32)C(O)OC(COCc2ccccc2)[C@H]1OP1(=O)OCc2ccccc2CO1. The molecule has 1 saturated heterocycles. The van der Waals surface area contributed by atoms with Crippen molar-refractivity contribution in [2.24, 2.45) is 0 Å². The first kappa shape index (κ1) is 37.5. The Bertz CT molecular complexity index is 1920. The molecule has 0 aromatic heterocycles. The topological polar surface area (TPSA) is 157 Å². The number of rotatable bonds is 12. The third-order valence-corrected chi connectivity index (χ3v) is 10.8. The number of ether oxygens (including phenoxy) is 5. The van der Waals surface area contributed by atoms with Gasteiger partial charge in [-0.15, -0.1) is 0 Å². The summed E-state index contributed by atoms with van der Waals surface area (Å²) < 4.78 is 60.1. The number of phosphoric ester groups is 1. The summed E-state index contributed by atoms with van der Waals surface area (Å²) in [5.41, 5.74) is 6.43. The highest BCUT2D eigenvalue weighted by molar-refractivity contribution is 7.48. The van der Waals surface area contributed by atoms with Crippen LogP contribution < -0.4 is 5.32 Å². The quantitative estimate of drug-likeness (QED) is 0.0889. The van der Waals surface area contributed by atoms with Gasteiger partial charge in [0.2, 0.25) is 0 Å². The number of alkyl carbamates (subject to hydrolysis) is 1. The van der Waals surface area contributed by atoms with Crippen molar-refractivity contribution in [3.05, 3.63) is 144 Å². The summed E-state index contributed by atoms with van der Waals surface area (Å²) in [6.07, 6.45) is -6.87. The lowest BCUT2D eigenvalue weighted by atomic mass is 9.97. The minimum atomic E-state index is -4.42. The number of amides is 1. The van der Waals surface area contributed by atoms with E-state index in [4.69, 9.17) is 37.3 Å². The summed E-state index contributed by atoms with van der Waals surface area (Å²) in [5.74, 6) is -0.252. The summed E-state index contributed by atoms with van der Waals surface area (Å²) in [4.78, 5) is 26.5. The van der Waals surface area contributed by atoms with Gasteiger partial charge in [0, 0.05) is 5.92 Å². The minimum absolute atomic E-state index is 0.0379. The molecule has 0 radical (unpaired) electrons. The van der Waals surface area contributed by atoms with Gasteiger partial charge in [-0.2, -0.15) is 0 Å². The number of carbonyl (C=O) groups excluding carboxylic acids is 2. The van der Waals surface area contributed by atoms with Crippen molar-refractivity contribution in [2.45, 2.75) is 56.4 Å². The number of fused-ring (bicyclic) bond motifs is 4. The van der Waals surface area contributed by atoms with Crippen LogP contribution in [0.2, 0.25) is 0 Å². The van der Waals surface area contributed by atoms with E-state index in [1.807, 2.05) is 103 Å². The normalized spacial score (nSPS) is 22.8. The fourth-order valence-electron chi connectivity index (χ4n) is 6.77. The predicted octanol–water partition coefficient (Wildman–Crippen LogP) is 6.78. The lowest BCUT2D eigenvalue weighted by molar-refractivity contribution is -0.255. The molecule has 4 aromatic carbocycles. The van der Waals surface area contributed by atoms with Crippen molar-refractivity contribution in [3.8, 4) is 11.1 Å². The second-order valence-corrected chi connectivity index (χ2v) is 14.4. The second kappa shape index (κ2) is 17.1. The minimum Gasteiger partial charge on any atom is -0.449 e. The van der Waals surface area contributed by atoms with Crippen molar-refractivity contribution >= 4 is 20.1 Å². The lowest BCUT2D eigenvalue weighted by Gasteiger charge is -2.44. The van der Waals surface area contributed by atoms with Crippen LogP contribution in [0.3, 0.4) is 0 Å². The van der Waals surface area contributed by atoms with Crippen LogP contribution in [0.5, 0.6) is 0 Å². The van der Waals surface area contributed by atoms with Gasteiger partial charge in [0.15, 0.2) is 12.4 Å². The van der Waals surface area contributed by atoms with Gasteiger partial charge >= 0.3 is 20.1 Å². The van der Waals surface area contributed by atoms with Gasteiger partial charge in [0.1, 0.15) is 31.5 Å². The Morgan fingerprint density at radius 2 is 1.43 bits per heavy atom. The van der Waals surface area contributed by atoms with Crippen molar-refractivity contribution in [1.29, 1.82) is 0 Å². The zero-order chi connectivity index (χ0) is 37.5. The van der Waals surface area contributed by atoms with Gasteiger partial charge < -0.3 is 34.1 Å². The van der Waals surface area contributed by atoms with Crippen LogP contribution in [0.25, 0.3) is 11.1 Å². The highest BCUT2D eigenvalue weighted by atomic mass is 31.2. The third-order valence-electron chi connectivity index (χ3n) is 9.36. The molecule has 282 valence electrons. The molecular formula is C40H40NO12P. The largest absolute Gasteiger partial charge is 0.509 e. The summed E-state index contributed by atoms with van der Waals surface area (Å²) in [7, 11) is -4.42. The number of nitrogens with one attached hydrogen (secondary N) is 1. The molecule has 14 heteroatoms. The maximum absolute atomic E-state index is 14.2. The van der Waals surface area contributed by atoms with Gasteiger partial charge in [-0.3, -0.25) is 13.6 Å². The van der Waals surface area contributed by atoms with E-state index in [1.165, 1.54) is 6.08 Å². The molecular weight excluding hydrogens is 717 g/mol. The van der Waals surface area contributed by atoms with E-state index in [0.29, 0.717) is 0 Å². The molecule has 13 nitrogen and oxygen atoms in total. The molecule has 2 heterocycles. The Morgan fingerprint density at radius 3 is 2.07 bits per heavy atom. The van der Waals surface area contributed by atoms with Crippen LogP contribution in [0.15, 0.2) is 116 Å². The number of aliphatic hydroxyl groups excluding tert-OH is 1. The number of hydrogen-bond donors (Lipinski definition) is 2. The fraction of sp³-hybridized carbons (Fsp3) is 0.300. The van der Waals surface area contributed by atoms with Gasteiger partial charge in [-0.05, 0) is 38.9 Å². The number of hydrogen-bond acceptors (Lipinski definition) is 12. The summed E-state index contributed by atoms with van der Waals surface area (Å²) in [6.45, 7) is 3.03. The maximum atomic E-state index is 14.2. The van der Waals surface area contributed by atoms with E-state index in [0.717, 1.165) is 38.9 Å². The molecule has 5 atom stereocenters. The highest BCUT2D eigenvalue weighted by Gasteiger charge is 2.53. The molecule has 0 bridgehead atoms. The molecule has 1 aliphatic carbocycles. The van der Waals surface area contributed by atoms with E-state index in [1.54, 1.807) is 0 Å². The van der Waals surface area contributed by atoms with Gasteiger partial charge in [0.05, 0.1) is 26.4 Å². The molecule has 3 unspecified atom stereocenters. The van der Waals surface area contributed by atoms with E-state index < -0.39 is 50.7 Å². The summed E-state index contributed by atoms with van der Waals surface area (Å²) in [6, 6.07) is 30.8. The molecule has 2 aliphatic heterocycles. The molecule has 3 aliphatic rings. The molecule has 2 N–H and O–H groups in total. The monoisotopic (exact) mass is 757 g/mol. The van der Waals surface area contributed by atoms with Crippen molar-refractivity contribution in [3.63, 3.8) is 0 Å². The van der Waals surface area contributed by atoms with Crippen LogP contribution in [-0.4, -0.2) is 67.8 Å². The van der Waals surface area contributed by atoms with Crippen LogP contribution in [0.1, 0.15) is 33.7 Å². The summed E-state index contributed by atoms with van der Waals surface area (Å²) >= 11 is 0. The Hall–Kier alpha value is -4.85. The second-order valence-electron chi connectivity index (χ2n) is 12.8. The van der Waals surface area contributed by atoms with Crippen LogP contribution >= 0.6 is 7.82 Å². The van der Waals surface area contributed by atoms with Crippen molar-refractivity contribution in [2.75, 3.05) is 19.8 Å². The number of aliphatic hydroxyl groups is 1. The molecule has 7 rings (SSSR count). The number of carbonyl (C=O) groups is 2. The van der Waals surface area contributed by atoms with E-state index in [2.05, 4.69) is 11.9 Å².